The Balaban J connectivity index is 1.75. The molecule has 4 fully saturated rings. The first kappa shape index (κ1) is 12.2. The summed E-state index contributed by atoms with van der Waals surface area (Å²) in [5, 5.41) is 11.8. The van der Waals surface area contributed by atoms with Crippen LogP contribution in [0.3, 0.4) is 0 Å². The number of hydrazine groups is 1. The fourth-order valence-corrected chi connectivity index (χ4v) is 5.33. The van der Waals surface area contributed by atoms with Crippen molar-refractivity contribution in [1.82, 2.24) is 0 Å². The lowest BCUT2D eigenvalue weighted by Crippen LogP contribution is -2.67. The summed E-state index contributed by atoms with van der Waals surface area (Å²) in [5.74, 6) is 9.08. The van der Waals surface area contributed by atoms with Gasteiger partial charge in [-0.15, -0.1) is 0 Å². The predicted octanol–water partition coefficient (Wildman–Crippen LogP) is 3.09. The zero-order valence-corrected chi connectivity index (χ0v) is 11.7. The van der Waals surface area contributed by atoms with Gasteiger partial charge in [-0.05, 0) is 67.9 Å². The molecule has 4 aliphatic rings. The molecule has 0 aliphatic heterocycles. The molecule has 3 nitrogen and oxygen atoms in total. The highest BCUT2D eigenvalue weighted by molar-refractivity contribution is 5.51. The number of para-hydroxylation sites is 1. The minimum absolute atomic E-state index is 0.453. The molecule has 104 valence electrons. The second-order valence-corrected chi connectivity index (χ2v) is 6.95. The van der Waals surface area contributed by atoms with E-state index in [-0.39, 0.29) is 0 Å². The minimum Gasteiger partial charge on any atom is -0.290 e. The van der Waals surface area contributed by atoms with Gasteiger partial charge in [-0.25, -0.2) is 5.84 Å². The van der Waals surface area contributed by atoms with Crippen LogP contribution in [-0.2, 0) is 0 Å². The third kappa shape index (κ3) is 1.49. The van der Waals surface area contributed by atoms with Gasteiger partial charge in [-0.2, -0.15) is 5.26 Å². The molecular formula is C17H21N3. The monoisotopic (exact) mass is 267 g/mol. The Labute approximate surface area is 120 Å². The fraction of sp³-hybridized carbons (Fsp3) is 0.588. The van der Waals surface area contributed by atoms with Crippen molar-refractivity contribution in [3.63, 3.8) is 0 Å². The van der Waals surface area contributed by atoms with Crippen LogP contribution in [0.4, 0.5) is 5.69 Å². The number of hydrogen-bond acceptors (Lipinski definition) is 3. The van der Waals surface area contributed by atoms with E-state index in [1.165, 1.54) is 32.1 Å². The van der Waals surface area contributed by atoms with E-state index in [0.717, 1.165) is 17.5 Å². The molecule has 0 radical (unpaired) electrons. The molecule has 2 N–H and O–H groups in total. The molecule has 5 rings (SSSR count). The van der Waals surface area contributed by atoms with Crippen molar-refractivity contribution in [2.75, 3.05) is 5.01 Å². The van der Waals surface area contributed by atoms with Crippen LogP contribution in [0.25, 0.3) is 0 Å². The van der Waals surface area contributed by atoms with Crippen molar-refractivity contribution >= 4 is 5.69 Å². The molecule has 0 saturated heterocycles. The van der Waals surface area contributed by atoms with Crippen LogP contribution in [0.2, 0.25) is 0 Å². The van der Waals surface area contributed by atoms with Gasteiger partial charge in [0, 0.05) is 0 Å². The molecule has 4 aliphatic carbocycles. The maximum Gasteiger partial charge on any atom is 0.147 e. The van der Waals surface area contributed by atoms with Gasteiger partial charge in [0.2, 0.25) is 0 Å². The second-order valence-electron chi connectivity index (χ2n) is 6.95. The van der Waals surface area contributed by atoms with Crippen LogP contribution in [0.15, 0.2) is 30.3 Å². The van der Waals surface area contributed by atoms with Crippen LogP contribution >= 0.6 is 0 Å². The number of hydrogen-bond donors (Lipinski definition) is 1. The first-order valence-corrected chi connectivity index (χ1v) is 7.75. The number of anilines is 1. The van der Waals surface area contributed by atoms with Crippen LogP contribution in [0.5, 0.6) is 0 Å². The molecule has 20 heavy (non-hydrogen) atoms. The van der Waals surface area contributed by atoms with E-state index in [2.05, 4.69) is 6.07 Å². The van der Waals surface area contributed by atoms with E-state index in [4.69, 9.17) is 5.84 Å². The van der Waals surface area contributed by atoms with E-state index >= 15 is 0 Å². The summed E-state index contributed by atoms with van der Waals surface area (Å²) in [6, 6.07) is 12.7. The maximum atomic E-state index is 10.0. The lowest BCUT2D eigenvalue weighted by Gasteiger charge is -2.60. The number of nitrogens with zero attached hydrogens (tertiary/aromatic N) is 2. The molecule has 0 atom stereocenters. The molecule has 0 aromatic heterocycles. The van der Waals surface area contributed by atoms with Gasteiger partial charge < -0.3 is 0 Å². The lowest BCUT2D eigenvalue weighted by molar-refractivity contribution is -0.0335. The molecular weight excluding hydrogens is 246 g/mol. The summed E-state index contributed by atoms with van der Waals surface area (Å²) in [6.45, 7) is 0. The third-order valence-electron chi connectivity index (χ3n) is 5.99. The van der Waals surface area contributed by atoms with Crippen LogP contribution < -0.4 is 10.9 Å². The summed E-state index contributed by atoms with van der Waals surface area (Å²) in [7, 11) is 0. The Morgan fingerprint density at radius 1 is 1.00 bits per heavy atom. The van der Waals surface area contributed by atoms with Gasteiger partial charge >= 0.3 is 0 Å². The average molecular weight is 267 g/mol. The normalized spacial score (nSPS) is 41.4. The van der Waals surface area contributed by atoms with Crippen LogP contribution in [0.1, 0.15) is 32.1 Å². The smallest absolute Gasteiger partial charge is 0.147 e. The molecule has 0 spiro atoms. The minimum atomic E-state index is -0.477. The van der Waals surface area contributed by atoms with E-state index in [0.29, 0.717) is 11.8 Å². The number of nitriles is 1. The largest absolute Gasteiger partial charge is 0.290 e. The van der Waals surface area contributed by atoms with E-state index in [9.17, 15) is 5.26 Å². The van der Waals surface area contributed by atoms with Crippen LogP contribution in [-0.4, -0.2) is 5.54 Å². The Kier molecular flexibility index (Phi) is 2.59. The summed E-state index contributed by atoms with van der Waals surface area (Å²) in [4.78, 5) is 0. The number of rotatable bonds is 2. The van der Waals surface area contributed by atoms with Gasteiger partial charge in [-0.1, -0.05) is 18.2 Å². The molecule has 0 amide bonds. The summed E-state index contributed by atoms with van der Waals surface area (Å²) in [6.07, 6.45) is 6.18. The Bertz CT molecular complexity index is 517. The molecule has 1 aromatic carbocycles. The van der Waals surface area contributed by atoms with Crippen LogP contribution in [0, 0.1) is 35.0 Å². The summed E-state index contributed by atoms with van der Waals surface area (Å²) < 4.78 is 0. The Morgan fingerprint density at radius 3 is 2.05 bits per heavy atom. The molecule has 0 heterocycles. The number of nitrogens with two attached hydrogens (primary N) is 1. The topological polar surface area (TPSA) is 53.0 Å². The zero-order valence-electron chi connectivity index (χ0n) is 11.7. The van der Waals surface area contributed by atoms with Gasteiger partial charge in [0.05, 0.1) is 11.8 Å². The summed E-state index contributed by atoms with van der Waals surface area (Å²) >= 11 is 0. The fourth-order valence-electron chi connectivity index (χ4n) is 5.33. The highest BCUT2D eigenvalue weighted by atomic mass is 15.5. The maximum absolute atomic E-state index is 10.0. The van der Waals surface area contributed by atoms with E-state index in [1.54, 1.807) is 5.01 Å². The highest BCUT2D eigenvalue weighted by Crippen LogP contribution is 2.59. The third-order valence-corrected chi connectivity index (χ3v) is 5.99. The van der Waals surface area contributed by atoms with Crippen molar-refractivity contribution in [2.45, 2.75) is 37.6 Å². The van der Waals surface area contributed by atoms with Crippen molar-refractivity contribution in [3.05, 3.63) is 30.3 Å². The van der Waals surface area contributed by atoms with Crippen molar-refractivity contribution in [1.29, 1.82) is 5.26 Å². The lowest BCUT2D eigenvalue weighted by atomic mass is 9.48. The molecule has 4 saturated carbocycles. The second kappa shape index (κ2) is 4.23. The standard InChI is InChI=1S/C17H21N3/c18-11-17(20(19)16-4-2-1-3-5-16)14-7-12-6-13(9-14)10-15(17)8-12/h1-5,12-15H,6-10,19H2. The first-order valence-electron chi connectivity index (χ1n) is 7.75. The van der Waals surface area contributed by atoms with E-state index < -0.39 is 5.54 Å². The van der Waals surface area contributed by atoms with Gasteiger partial charge in [0.25, 0.3) is 0 Å². The van der Waals surface area contributed by atoms with Crippen molar-refractivity contribution in [2.24, 2.45) is 29.5 Å². The predicted molar refractivity (Wildman–Crippen MR) is 78.5 cm³/mol. The Hall–Kier alpha value is -1.53. The summed E-state index contributed by atoms with van der Waals surface area (Å²) in [5.41, 5.74) is 0.496. The number of benzene rings is 1. The van der Waals surface area contributed by atoms with Gasteiger partial charge in [0.1, 0.15) is 5.54 Å². The SMILES string of the molecule is N#CC1(N(N)c2ccccc2)C2CC3CC(C2)CC1C3. The Morgan fingerprint density at radius 2 is 1.55 bits per heavy atom. The van der Waals surface area contributed by atoms with Crippen molar-refractivity contribution in [3.8, 4) is 6.07 Å². The quantitative estimate of drug-likeness (QED) is 0.661. The van der Waals surface area contributed by atoms with Gasteiger partial charge in [0.15, 0.2) is 0 Å². The molecule has 1 aromatic rings. The van der Waals surface area contributed by atoms with Gasteiger partial charge in [-0.3, -0.25) is 5.01 Å². The molecule has 4 bridgehead atoms. The zero-order chi connectivity index (χ0) is 13.7. The highest BCUT2D eigenvalue weighted by Gasteiger charge is 2.60. The van der Waals surface area contributed by atoms with Crippen molar-refractivity contribution < 1.29 is 0 Å². The first-order chi connectivity index (χ1) is 9.74. The van der Waals surface area contributed by atoms with E-state index in [1.807, 2.05) is 30.3 Å². The molecule has 3 heteroatoms. The molecule has 0 unspecified atom stereocenters. The average Bonchev–Trinajstić information content (AvgIpc) is 2.48.